The van der Waals surface area contributed by atoms with Crippen LogP contribution in [0.5, 0.6) is 0 Å². The number of carbonyl (C=O) groups is 9. The number of aliphatic carboxylic acids is 1. The van der Waals surface area contributed by atoms with E-state index in [2.05, 4.69) is 21.3 Å². The van der Waals surface area contributed by atoms with Crippen LogP contribution in [0.25, 0.3) is 0 Å². The molecule has 1 rings (SSSR count). The van der Waals surface area contributed by atoms with Crippen molar-refractivity contribution < 1.29 is 86.2 Å². The molecule has 0 bridgehead atoms. The average molecular weight is 975 g/mol. The van der Waals surface area contributed by atoms with Crippen LogP contribution >= 0.6 is 0 Å². The Morgan fingerprint density at radius 2 is 0.971 bits per heavy atom. The fraction of sp³-hybridized carbons (Fsp3) is 0.804. The summed E-state index contributed by atoms with van der Waals surface area (Å²) in [4.78, 5) is 111. The fourth-order valence-corrected chi connectivity index (χ4v) is 6.75. The van der Waals surface area contributed by atoms with Crippen LogP contribution in [0.4, 0.5) is 0 Å². The third-order valence-electron chi connectivity index (χ3n) is 10.5. The molecule has 0 aromatic carbocycles. The van der Waals surface area contributed by atoms with Crippen LogP contribution in [0.3, 0.4) is 0 Å². The Hall–Kier alpha value is -4.29. The number of methoxy groups -OCH3 is 3. The van der Waals surface area contributed by atoms with E-state index in [4.69, 9.17) is 43.0 Å². The molecule has 5 N–H and O–H groups in total. The standard InChI is InChI=1S/C46H78N4O18/c1-33(51)50-43-45(66-31-21-40(57)48-23-14-37(55)17-27-63-4)44(65-30-20-41(58)49-24-15-39(56)47-22-7-5-6-8-25-61-2)38(68-46(43)67-29-19-36(54)12-13-42(59)60)32-64-28-18-35(53)11-9-10-34(52)16-26-62-3/h38,43-46H,5-32H2,1-4H3,(H,47,56)(H,48,57)(H,49,58)(H,50,51)(H,59,60)/t38?,43?,44-,45+,46+/m0/s1. The monoisotopic (exact) mass is 975 g/mol. The molecular formula is C46H78N4O18. The molecule has 1 aliphatic heterocycles. The first-order valence-corrected chi connectivity index (χ1v) is 23.6. The van der Waals surface area contributed by atoms with Crippen molar-refractivity contribution in [2.45, 2.75) is 147 Å². The van der Waals surface area contributed by atoms with Gasteiger partial charge in [-0.2, -0.15) is 0 Å². The molecular weight excluding hydrogens is 897 g/mol. The number of carbonyl (C=O) groups excluding carboxylic acids is 8. The van der Waals surface area contributed by atoms with E-state index in [1.54, 1.807) is 7.11 Å². The van der Waals surface area contributed by atoms with Gasteiger partial charge in [0.05, 0.1) is 52.7 Å². The van der Waals surface area contributed by atoms with Crippen LogP contribution in [-0.2, 0) is 81.0 Å². The van der Waals surface area contributed by atoms with Gasteiger partial charge in [0.2, 0.25) is 23.6 Å². The van der Waals surface area contributed by atoms with E-state index in [-0.39, 0.29) is 159 Å². The summed E-state index contributed by atoms with van der Waals surface area (Å²) in [5.41, 5.74) is 0. The maximum atomic E-state index is 12.9. The number of nitrogens with one attached hydrogen (secondary N) is 4. The quantitative estimate of drug-likeness (QED) is 0.0538. The van der Waals surface area contributed by atoms with Gasteiger partial charge in [0.25, 0.3) is 0 Å². The molecule has 0 spiro atoms. The molecule has 0 saturated carbocycles. The van der Waals surface area contributed by atoms with E-state index in [0.29, 0.717) is 26.2 Å². The molecule has 68 heavy (non-hydrogen) atoms. The summed E-state index contributed by atoms with van der Waals surface area (Å²) in [5.74, 6) is -3.30. The van der Waals surface area contributed by atoms with Gasteiger partial charge >= 0.3 is 5.97 Å². The van der Waals surface area contributed by atoms with Gasteiger partial charge in [0.15, 0.2) is 6.29 Å². The van der Waals surface area contributed by atoms with Crippen molar-refractivity contribution >= 4 is 52.7 Å². The first kappa shape index (κ1) is 61.7. The molecule has 1 heterocycles. The van der Waals surface area contributed by atoms with Crippen molar-refractivity contribution in [2.24, 2.45) is 0 Å². The van der Waals surface area contributed by atoms with Crippen molar-refractivity contribution in [1.29, 1.82) is 0 Å². The number of rotatable bonds is 44. The second-order valence-electron chi connectivity index (χ2n) is 16.2. The van der Waals surface area contributed by atoms with Crippen LogP contribution in [0, 0.1) is 0 Å². The summed E-state index contributed by atoms with van der Waals surface area (Å²) in [6.45, 7) is 2.34. The third kappa shape index (κ3) is 31.7. The Labute approximate surface area is 400 Å². The highest BCUT2D eigenvalue weighted by molar-refractivity contribution is 5.83. The summed E-state index contributed by atoms with van der Waals surface area (Å²) < 4.78 is 45.7. The zero-order valence-electron chi connectivity index (χ0n) is 40.6. The maximum absolute atomic E-state index is 12.9. The molecule has 22 nitrogen and oxygen atoms in total. The minimum absolute atomic E-state index is 0.00558. The van der Waals surface area contributed by atoms with Gasteiger partial charge in [-0.1, -0.05) is 12.8 Å². The lowest BCUT2D eigenvalue weighted by atomic mass is 9.96. The van der Waals surface area contributed by atoms with Crippen LogP contribution in [0.1, 0.15) is 116 Å². The largest absolute Gasteiger partial charge is 0.481 e. The summed E-state index contributed by atoms with van der Waals surface area (Å²) in [5, 5.41) is 20.0. The number of Topliss-reactive ketones (excluding diaryl/α,β-unsaturated/α-hetero) is 4. The summed E-state index contributed by atoms with van der Waals surface area (Å²) in [7, 11) is 4.64. The SMILES string of the molecule is COCCCCCCNC(=O)CCNC(=O)CCO[C@H]1C(COCCC(=O)CCCC(=O)CCOC)O[C@@H](OCCC(=O)CCC(=O)O)C(NC(C)=O)[C@H]1OCCC(=O)NCCC(=O)CCOC. The Kier molecular flexibility index (Phi) is 35.9. The van der Waals surface area contributed by atoms with E-state index in [9.17, 15) is 43.2 Å². The molecule has 2 unspecified atom stereocenters. The van der Waals surface area contributed by atoms with Crippen LogP contribution in [0.15, 0.2) is 0 Å². The highest BCUT2D eigenvalue weighted by Gasteiger charge is 2.48. The van der Waals surface area contributed by atoms with Crippen molar-refractivity contribution in [3.8, 4) is 0 Å². The van der Waals surface area contributed by atoms with Gasteiger partial charge < -0.3 is 64.3 Å². The molecule has 22 heteroatoms. The molecule has 390 valence electrons. The summed E-state index contributed by atoms with van der Waals surface area (Å²) in [6.07, 6.45) is -0.428. The number of hydrogen-bond acceptors (Lipinski definition) is 17. The van der Waals surface area contributed by atoms with E-state index >= 15 is 0 Å². The minimum Gasteiger partial charge on any atom is -0.481 e. The fourth-order valence-electron chi connectivity index (χ4n) is 6.75. The predicted molar refractivity (Wildman–Crippen MR) is 243 cm³/mol. The molecule has 0 aromatic heterocycles. The number of hydrogen-bond donors (Lipinski definition) is 5. The van der Waals surface area contributed by atoms with E-state index in [1.165, 1.54) is 21.1 Å². The number of carboxylic acids is 1. The predicted octanol–water partition coefficient (Wildman–Crippen LogP) is 1.30. The number of ketones is 4. The smallest absolute Gasteiger partial charge is 0.303 e. The van der Waals surface area contributed by atoms with Gasteiger partial charge in [-0.15, -0.1) is 0 Å². The number of amides is 4. The van der Waals surface area contributed by atoms with Gasteiger partial charge in [-0.05, 0) is 19.3 Å². The number of carboxylic acid groups (broad SMARTS) is 1. The van der Waals surface area contributed by atoms with E-state index in [1.807, 2.05) is 0 Å². The van der Waals surface area contributed by atoms with Crippen LogP contribution in [0.2, 0.25) is 0 Å². The zero-order valence-corrected chi connectivity index (χ0v) is 40.6. The van der Waals surface area contributed by atoms with Crippen LogP contribution < -0.4 is 21.3 Å². The van der Waals surface area contributed by atoms with Crippen molar-refractivity contribution in [3.63, 3.8) is 0 Å². The first-order valence-electron chi connectivity index (χ1n) is 23.6. The normalized spacial score (nSPS) is 17.8. The number of ether oxygens (including phenoxy) is 8. The molecule has 5 atom stereocenters. The Balaban J connectivity index is 3.18. The van der Waals surface area contributed by atoms with Crippen molar-refractivity contribution in [2.75, 3.05) is 93.8 Å². The van der Waals surface area contributed by atoms with Gasteiger partial charge in [0.1, 0.15) is 47.5 Å². The van der Waals surface area contributed by atoms with Gasteiger partial charge in [0, 0.05) is 125 Å². The lowest BCUT2D eigenvalue weighted by molar-refractivity contribution is -0.286. The summed E-state index contributed by atoms with van der Waals surface area (Å²) in [6, 6.07) is -1.12. The van der Waals surface area contributed by atoms with Gasteiger partial charge in [-0.3, -0.25) is 43.2 Å². The molecule has 0 aromatic rings. The van der Waals surface area contributed by atoms with Crippen LogP contribution in [-0.4, -0.2) is 182 Å². The van der Waals surface area contributed by atoms with Crippen molar-refractivity contribution in [3.05, 3.63) is 0 Å². The lowest BCUT2D eigenvalue weighted by Gasteiger charge is -2.46. The Morgan fingerprint density at radius 3 is 1.57 bits per heavy atom. The maximum Gasteiger partial charge on any atom is 0.303 e. The highest BCUT2D eigenvalue weighted by atomic mass is 16.7. The van der Waals surface area contributed by atoms with Gasteiger partial charge in [-0.25, -0.2) is 0 Å². The second-order valence-corrected chi connectivity index (χ2v) is 16.2. The molecule has 0 aliphatic carbocycles. The molecule has 1 fully saturated rings. The number of unbranched alkanes of at least 4 members (excludes halogenated alkanes) is 3. The van der Waals surface area contributed by atoms with E-state index < -0.39 is 54.3 Å². The third-order valence-corrected chi connectivity index (χ3v) is 10.5. The second kappa shape index (κ2) is 39.5. The molecule has 1 saturated heterocycles. The molecule has 4 amide bonds. The molecule has 1 aliphatic rings. The average Bonchev–Trinajstić information content (AvgIpc) is 3.29. The Bertz CT molecular complexity index is 1520. The molecule has 0 radical (unpaired) electrons. The zero-order chi connectivity index (χ0) is 50.4. The highest BCUT2D eigenvalue weighted by Crippen LogP contribution is 2.28. The first-order chi connectivity index (χ1) is 32.7. The minimum atomic E-state index is -1.29. The van der Waals surface area contributed by atoms with Crippen molar-refractivity contribution in [1.82, 2.24) is 21.3 Å². The topological polar surface area (TPSA) is 296 Å². The Morgan fingerprint density at radius 1 is 0.471 bits per heavy atom. The summed E-state index contributed by atoms with van der Waals surface area (Å²) >= 11 is 0. The lowest BCUT2D eigenvalue weighted by Crippen LogP contribution is -2.66. The van der Waals surface area contributed by atoms with E-state index in [0.717, 1.165) is 25.7 Å².